The number of benzene rings is 1. The van der Waals surface area contributed by atoms with Crippen molar-refractivity contribution in [2.45, 2.75) is 45.5 Å². The molecule has 0 aromatic heterocycles. The van der Waals surface area contributed by atoms with Crippen LogP contribution in [0.1, 0.15) is 32.8 Å². The normalized spacial score (nSPS) is 20.2. The van der Waals surface area contributed by atoms with Crippen LogP contribution in [0.2, 0.25) is 0 Å². The van der Waals surface area contributed by atoms with E-state index in [-0.39, 0.29) is 31.6 Å². The Labute approximate surface area is 160 Å². The number of β-amino-alcohol motifs (C(OH)–C–C–N with tert-alkyl or cyclic N) is 1. The monoisotopic (exact) mass is 378 g/mol. The maximum Gasteiger partial charge on any atom is 0.410 e. The van der Waals surface area contributed by atoms with Crippen molar-refractivity contribution < 1.29 is 24.2 Å². The number of piperidine rings is 1. The second-order valence-corrected chi connectivity index (χ2v) is 7.82. The van der Waals surface area contributed by atoms with Crippen LogP contribution in [-0.2, 0) is 20.9 Å². The molecule has 0 bridgehead atoms. The van der Waals surface area contributed by atoms with E-state index in [1.807, 2.05) is 51.1 Å². The van der Waals surface area contributed by atoms with Crippen LogP contribution in [0, 0.1) is 5.92 Å². The largest absolute Gasteiger partial charge is 0.460 e. The first-order valence-corrected chi connectivity index (χ1v) is 9.31. The summed E-state index contributed by atoms with van der Waals surface area (Å²) < 4.78 is 10.5. The summed E-state index contributed by atoms with van der Waals surface area (Å²) in [5.74, 6) is -0.356. The minimum Gasteiger partial charge on any atom is -0.460 e. The fourth-order valence-corrected chi connectivity index (χ4v) is 2.86. The average molecular weight is 378 g/mol. The van der Waals surface area contributed by atoms with E-state index >= 15 is 0 Å². The van der Waals surface area contributed by atoms with Gasteiger partial charge in [0, 0.05) is 19.0 Å². The second-order valence-electron chi connectivity index (χ2n) is 7.82. The predicted molar refractivity (Wildman–Crippen MR) is 101 cm³/mol. The molecular formula is C20H30N2O5. The van der Waals surface area contributed by atoms with Gasteiger partial charge in [-0.05, 0) is 32.8 Å². The van der Waals surface area contributed by atoms with Crippen molar-refractivity contribution in [1.82, 2.24) is 10.2 Å². The summed E-state index contributed by atoms with van der Waals surface area (Å²) >= 11 is 0. The molecule has 1 aromatic rings. The Morgan fingerprint density at radius 2 is 1.96 bits per heavy atom. The SMILES string of the molecule is CC(C)(C)OC(=O)N1CC[C@@H](CNCC(=O)OCc2ccccc2)[C@H](O)C1. The fraction of sp³-hybridized carbons (Fsp3) is 0.600. The second kappa shape index (κ2) is 9.71. The van der Waals surface area contributed by atoms with Gasteiger partial charge in [-0.15, -0.1) is 0 Å². The molecule has 1 aliphatic heterocycles. The zero-order chi connectivity index (χ0) is 19.9. The zero-order valence-electron chi connectivity index (χ0n) is 16.3. The molecule has 27 heavy (non-hydrogen) atoms. The first kappa shape index (κ1) is 21.2. The molecule has 7 heteroatoms. The van der Waals surface area contributed by atoms with Crippen LogP contribution >= 0.6 is 0 Å². The number of amides is 1. The van der Waals surface area contributed by atoms with Crippen molar-refractivity contribution in [1.29, 1.82) is 0 Å². The molecule has 150 valence electrons. The van der Waals surface area contributed by atoms with Crippen LogP contribution in [0.5, 0.6) is 0 Å². The molecule has 1 heterocycles. The summed E-state index contributed by atoms with van der Waals surface area (Å²) in [5.41, 5.74) is 0.386. The molecule has 1 amide bonds. The van der Waals surface area contributed by atoms with Crippen molar-refractivity contribution >= 4 is 12.1 Å². The molecule has 2 atom stereocenters. The standard InChI is InChI=1S/C20H30N2O5/c1-20(2,3)27-19(25)22-10-9-16(17(23)13-22)11-21-12-18(24)26-14-15-7-5-4-6-8-15/h4-8,16-17,21,23H,9-14H2,1-3H3/t16-,17+/m0/s1. The molecule has 0 spiro atoms. The number of nitrogens with one attached hydrogen (secondary N) is 1. The third kappa shape index (κ3) is 7.56. The first-order valence-electron chi connectivity index (χ1n) is 9.31. The van der Waals surface area contributed by atoms with E-state index in [0.29, 0.717) is 19.5 Å². The number of likely N-dealkylation sites (tertiary alicyclic amines) is 1. The number of aliphatic hydroxyl groups excluding tert-OH is 1. The Bertz CT molecular complexity index is 615. The summed E-state index contributed by atoms with van der Waals surface area (Å²) in [5, 5.41) is 13.3. The number of carbonyl (C=O) groups excluding carboxylic acids is 2. The highest BCUT2D eigenvalue weighted by Gasteiger charge is 2.32. The molecule has 1 aliphatic rings. The predicted octanol–water partition coefficient (Wildman–Crippen LogP) is 1.94. The Kier molecular flexibility index (Phi) is 7.62. The number of aliphatic hydroxyl groups is 1. The van der Waals surface area contributed by atoms with E-state index in [4.69, 9.17) is 9.47 Å². The lowest BCUT2D eigenvalue weighted by Crippen LogP contribution is -2.50. The van der Waals surface area contributed by atoms with Gasteiger partial charge in [-0.2, -0.15) is 0 Å². The van der Waals surface area contributed by atoms with Crippen molar-refractivity contribution in [2.24, 2.45) is 5.92 Å². The van der Waals surface area contributed by atoms with Crippen LogP contribution in [0.15, 0.2) is 30.3 Å². The summed E-state index contributed by atoms with van der Waals surface area (Å²) in [6.45, 7) is 7.03. The summed E-state index contributed by atoms with van der Waals surface area (Å²) in [4.78, 5) is 25.4. The van der Waals surface area contributed by atoms with Crippen LogP contribution in [0.3, 0.4) is 0 Å². The number of rotatable bonds is 6. The van der Waals surface area contributed by atoms with Crippen molar-refractivity contribution in [3.8, 4) is 0 Å². The lowest BCUT2D eigenvalue weighted by Gasteiger charge is -2.36. The molecule has 1 fully saturated rings. The number of hydrogen-bond donors (Lipinski definition) is 2. The Hall–Kier alpha value is -2.12. The van der Waals surface area contributed by atoms with Gasteiger partial charge in [0.25, 0.3) is 0 Å². The quantitative estimate of drug-likeness (QED) is 0.736. The highest BCUT2D eigenvalue weighted by molar-refractivity contribution is 5.71. The molecule has 2 rings (SSSR count). The maximum absolute atomic E-state index is 12.1. The van der Waals surface area contributed by atoms with Crippen LogP contribution in [0.25, 0.3) is 0 Å². The highest BCUT2D eigenvalue weighted by Crippen LogP contribution is 2.19. The lowest BCUT2D eigenvalue weighted by atomic mass is 9.94. The van der Waals surface area contributed by atoms with Gasteiger partial charge in [-0.1, -0.05) is 30.3 Å². The van der Waals surface area contributed by atoms with Crippen LogP contribution in [0.4, 0.5) is 4.79 Å². The molecule has 7 nitrogen and oxygen atoms in total. The third-order valence-electron chi connectivity index (χ3n) is 4.29. The van der Waals surface area contributed by atoms with E-state index in [0.717, 1.165) is 5.56 Å². The number of esters is 1. The summed E-state index contributed by atoms with van der Waals surface area (Å²) in [7, 11) is 0. The van der Waals surface area contributed by atoms with E-state index in [2.05, 4.69) is 5.32 Å². The highest BCUT2D eigenvalue weighted by atomic mass is 16.6. The fourth-order valence-electron chi connectivity index (χ4n) is 2.86. The molecule has 2 N–H and O–H groups in total. The van der Waals surface area contributed by atoms with Crippen molar-refractivity contribution in [3.05, 3.63) is 35.9 Å². The van der Waals surface area contributed by atoms with Gasteiger partial charge < -0.3 is 24.8 Å². The summed E-state index contributed by atoms with van der Waals surface area (Å²) in [6, 6.07) is 9.50. The minimum atomic E-state index is -0.654. The topological polar surface area (TPSA) is 88.1 Å². The van der Waals surface area contributed by atoms with E-state index in [1.165, 1.54) is 4.90 Å². The minimum absolute atomic E-state index is 0.0226. The number of ether oxygens (including phenoxy) is 2. The summed E-state index contributed by atoms with van der Waals surface area (Å²) in [6.07, 6.45) is -0.413. The van der Waals surface area contributed by atoms with Gasteiger partial charge in [-0.25, -0.2) is 4.79 Å². The van der Waals surface area contributed by atoms with Gasteiger partial charge in [0.15, 0.2) is 0 Å². The maximum atomic E-state index is 12.1. The molecule has 0 saturated carbocycles. The van der Waals surface area contributed by atoms with Crippen molar-refractivity contribution in [3.63, 3.8) is 0 Å². The Morgan fingerprint density at radius 3 is 2.59 bits per heavy atom. The molecule has 0 aliphatic carbocycles. The molecule has 1 saturated heterocycles. The van der Waals surface area contributed by atoms with Crippen LogP contribution in [-0.4, -0.2) is 60.0 Å². The average Bonchev–Trinajstić information content (AvgIpc) is 2.60. The van der Waals surface area contributed by atoms with Gasteiger partial charge in [0.05, 0.1) is 19.2 Å². The number of hydrogen-bond acceptors (Lipinski definition) is 6. The van der Waals surface area contributed by atoms with E-state index < -0.39 is 17.8 Å². The van der Waals surface area contributed by atoms with E-state index in [9.17, 15) is 14.7 Å². The zero-order valence-corrected chi connectivity index (χ0v) is 16.3. The molecule has 1 aromatic carbocycles. The Balaban J connectivity index is 1.65. The molecule has 0 unspecified atom stereocenters. The molecular weight excluding hydrogens is 348 g/mol. The van der Waals surface area contributed by atoms with Gasteiger partial charge in [0.2, 0.25) is 0 Å². The smallest absolute Gasteiger partial charge is 0.410 e. The lowest BCUT2D eigenvalue weighted by molar-refractivity contribution is -0.143. The number of carbonyl (C=O) groups is 2. The Morgan fingerprint density at radius 1 is 1.26 bits per heavy atom. The van der Waals surface area contributed by atoms with Gasteiger partial charge >= 0.3 is 12.1 Å². The van der Waals surface area contributed by atoms with E-state index in [1.54, 1.807) is 0 Å². The van der Waals surface area contributed by atoms with Gasteiger partial charge in [-0.3, -0.25) is 4.79 Å². The molecule has 0 radical (unpaired) electrons. The third-order valence-corrected chi connectivity index (χ3v) is 4.29. The van der Waals surface area contributed by atoms with Crippen LogP contribution < -0.4 is 5.32 Å². The van der Waals surface area contributed by atoms with Gasteiger partial charge in [0.1, 0.15) is 12.2 Å². The first-order chi connectivity index (χ1) is 12.7. The van der Waals surface area contributed by atoms with Crippen molar-refractivity contribution in [2.75, 3.05) is 26.2 Å². The number of nitrogens with zero attached hydrogens (tertiary/aromatic N) is 1.